The predicted molar refractivity (Wildman–Crippen MR) is 123 cm³/mol. The van der Waals surface area contributed by atoms with E-state index in [1.807, 2.05) is 36.4 Å². The number of ether oxygens (including phenoxy) is 2. The van der Waals surface area contributed by atoms with Crippen LogP contribution in [0.3, 0.4) is 0 Å². The summed E-state index contributed by atoms with van der Waals surface area (Å²) < 4.78 is 11.1. The minimum atomic E-state index is -1.03. The minimum Gasteiger partial charge on any atom is -0.495 e. The summed E-state index contributed by atoms with van der Waals surface area (Å²) in [6, 6.07) is 20.9. The molecule has 0 bridgehead atoms. The molecule has 0 aliphatic heterocycles. The van der Waals surface area contributed by atoms with Gasteiger partial charge in [0.2, 0.25) is 0 Å². The first-order valence-electron chi connectivity index (χ1n) is 10.2. The van der Waals surface area contributed by atoms with Crippen LogP contribution >= 0.6 is 11.6 Å². The molecule has 1 amide bonds. The molecular formula is C25H22ClNO5. The number of aliphatic carboxylic acids is 1. The molecule has 1 aliphatic rings. The lowest BCUT2D eigenvalue weighted by molar-refractivity contribution is -0.136. The zero-order valence-corrected chi connectivity index (χ0v) is 18.2. The van der Waals surface area contributed by atoms with Gasteiger partial charge in [-0.25, -0.2) is 4.79 Å². The van der Waals surface area contributed by atoms with E-state index in [1.54, 1.807) is 18.2 Å². The maximum atomic E-state index is 13.1. The van der Waals surface area contributed by atoms with Gasteiger partial charge in [-0.05, 0) is 40.5 Å². The van der Waals surface area contributed by atoms with E-state index in [0.717, 1.165) is 22.3 Å². The molecule has 164 valence electrons. The van der Waals surface area contributed by atoms with E-state index in [4.69, 9.17) is 26.2 Å². The van der Waals surface area contributed by atoms with Crippen LogP contribution in [0.5, 0.6) is 5.75 Å². The average Bonchev–Trinajstić information content (AvgIpc) is 3.11. The molecule has 6 nitrogen and oxygen atoms in total. The summed E-state index contributed by atoms with van der Waals surface area (Å²) in [6.07, 6.45) is -0.909. The van der Waals surface area contributed by atoms with Gasteiger partial charge in [-0.3, -0.25) is 9.69 Å². The Kier molecular flexibility index (Phi) is 6.32. The lowest BCUT2D eigenvalue weighted by atomic mass is 9.98. The Morgan fingerprint density at radius 3 is 2.22 bits per heavy atom. The number of hydrogen-bond donors (Lipinski definition) is 1. The number of carboxylic acid groups (broad SMARTS) is 1. The number of carboxylic acids is 1. The number of benzene rings is 3. The smallest absolute Gasteiger partial charge is 0.414 e. The number of carbonyl (C=O) groups is 2. The zero-order chi connectivity index (χ0) is 22.7. The fourth-order valence-corrected chi connectivity index (χ4v) is 4.23. The first kappa shape index (κ1) is 21.7. The summed E-state index contributed by atoms with van der Waals surface area (Å²) in [6.45, 7) is 0.0437. The molecule has 0 radical (unpaired) electrons. The Bertz CT molecular complexity index is 1120. The van der Waals surface area contributed by atoms with Crippen LogP contribution in [0.25, 0.3) is 11.1 Å². The van der Waals surface area contributed by atoms with Crippen molar-refractivity contribution >= 4 is 29.4 Å². The van der Waals surface area contributed by atoms with Crippen molar-refractivity contribution in [2.45, 2.75) is 12.3 Å². The first-order chi connectivity index (χ1) is 15.5. The van der Waals surface area contributed by atoms with Gasteiger partial charge < -0.3 is 14.6 Å². The summed E-state index contributed by atoms with van der Waals surface area (Å²) in [5.41, 5.74) is 4.81. The molecule has 1 N–H and O–H groups in total. The molecule has 0 spiro atoms. The highest BCUT2D eigenvalue weighted by Crippen LogP contribution is 2.44. The van der Waals surface area contributed by atoms with Crippen LogP contribution in [0.1, 0.15) is 23.5 Å². The summed E-state index contributed by atoms with van der Waals surface area (Å²) in [4.78, 5) is 25.6. The van der Waals surface area contributed by atoms with Crippen molar-refractivity contribution in [3.8, 4) is 16.9 Å². The Labute approximate surface area is 191 Å². The molecule has 32 heavy (non-hydrogen) atoms. The molecule has 0 heterocycles. The fourth-order valence-electron chi connectivity index (χ4n) is 4.06. The van der Waals surface area contributed by atoms with Crippen molar-refractivity contribution in [2.24, 2.45) is 0 Å². The number of methoxy groups -OCH3 is 1. The van der Waals surface area contributed by atoms with Gasteiger partial charge in [0.1, 0.15) is 12.4 Å². The van der Waals surface area contributed by atoms with Crippen LogP contribution in [-0.4, -0.2) is 37.4 Å². The highest BCUT2D eigenvalue weighted by molar-refractivity contribution is 6.31. The number of carbonyl (C=O) groups excluding carboxylic acids is 1. The van der Waals surface area contributed by atoms with Crippen molar-refractivity contribution < 1.29 is 24.2 Å². The lowest BCUT2D eigenvalue weighted by Gasteiger charge is -2.25. The molecule has 3 aromatic carbocycles. The van der Waals surface area contributed by atoms with E-state index in [1.165, 1.54) is 12.0 Å². The topological polar surface area (TPSA) is 76.1 Å². The van der Waals surface area contributed by atoms with E-state index in [0.29, 0.717) is 16.5 Å². The van der Waals surface area contributed by atoms with E-state index in [9.17, 15) is 9.59 Å². The number of halogens is 1. The highest BCUT2D eigenvalue weighted by atomic mass is 35.5. The second-order valence-corrected chi connectivity index (χ2v) is 7.85. The van der Waals surface area contributed by atoms with Crippen molar-refractivity contribution in [3.63, 3.8) is 0 Å². The quantitative estimate of drug-likeness (QED) is 0.507. The molecular weight excluding hydrogens is 430 g/mol. The fraction of sp³-hybridized carbons (Fsp3) is 0.200. The largest absolute Gasteiger partial charge is 0.495 e. The molecule has 4 rings (SSSR count). The number of rotatable bonds is 7. The van der Waals surface area contributed by atoms with Gasteiger partial charge in [-0.1, -0.05) is 60.1 Å². The maximum absolute atomic E-state index is 13.1. The first-order valence-corrected chi connectivity index (χ1v) is 10.5. The summed E-state index contributed by atoms with van der Waals surface area (Å²) in [7, 11) is 1.47. The van der Waals surface area contributed by atoms with Crippen LogP contribution < -0.4 is 9.64 Å². The van der Waals surface area contributed by atoms with Crippen molar-refractivity contribution in [3.05, 3.63) is 82.9 Å². The second-order valence-electron chi connectivity index (χ2n) is 7.42. The van der Waals surface area contributed by atoms with E-state index in [-0.39, 0.29) is 25.5 Å². The molecule has 0 aromatic heterocycles. The Morgan fingerprint density at radius 1 is 1.00 bits per heavy atom. The molecule has 0 atom stereocenters. The highest BCUT2D eigenvalue weighted by Gasteiger charge is 2.30. The number of amides is 1. The molecule has 0 unspecified atom stereocenters. The zero-order valence-electron chi connectivity index (χ0n) is 17.5. The van der Waals surface area contributed by atoms with E-state index in [2.05, 4.69) is 12.1 Å². The van der Waals surface area contributed by atoms with E-state index >= 15 is 0 Å². The van der Waals surface area contributed by atoms with Crippen molar-refractivity contribution in [1.82, 2.24) is 0 Å². The van der Waals surface area contributed by atoms with Gasteiger partial charge in [0.15, 0.2) is 0 Å². The molecule has 1 aliphatic carbocycles. The number of hydrogen-bond acceptors (Lipinski definition) is 4. The van der Waals surface area contributed by atoms with Crippen molar-refractivity contribution in [2.75, 3.05) is 25.2 Å². The number of fused-ring (bicyclic) bond motifs is 3. The van der Waals surface area contributed by atoms with Crippen LogP contribution in [0.4, 0.5) is 10.5 Å². The minimum absolute atomic E-state index is 0.0806. The van der Waals surface area contributed by atoms with Crippen LogP contribution in [-0.2, 0) is 9.53 Å². The monoisotopic (exact) mass is 451 g/mol. The summed E-state index contributed by atoms with van der Waals surface area (Å²) in [5.74, 6) is -0.732. The van der Waals surface area contributed by atoms with Gasteiger partial charge in [-0.2, -0.15) is 0 Å². The third-order valence-electron chi connectivity index (χ3n) is 5.54. The molecule has 0 saturated heterocycles. The Morgan fingerprint density at radius 2 is 1.62 bits per heavy atom. The standard InChI is InChI=1S/C25H22ClNO5/c1-31-23-11-10-16(26)14-22(23)27(13-12-24(28)29)25(30)32-15-21-19-8-4-2-6-17(19)18-7-3-5-9-20(18)21/h2-11,14,21H,12-13,15H2,1H3,(H,28,29). The number of nitrogens with zero attached hydrogens (tertiary/aromatic N) is 1. The lowest BCUT2D eigenvalue weighted by Crippen LogP contribution is -2.34. The molecule has 7 heteroatoms. The third kappa shape index (κ3) is 4.27. The number of anilines is 1. The maximum Gasteiger partial charge on any atom is 0.414 e. The van der Waals surface area contributed by atoms with Gasteiger partial charge >= 0.3 is 12.1 Å². The summed E-state index contributed by atoms with van der Waals surface area (Å²) >= 11 is 6.13. The Balaban J connectivity index is 1.60. The predicted octanol–water partition coefficient (Wildman–Crippen LogP) is 5.58. The van der Waals surface area contributed by atoms with Gasteiger partial charge in [0.25, 0.3) is 0 Å². The molecule has 0 saturated carbocycles. The van der Waals surface area contributed by atoms with Gasteiger partial charge in [0, 0.05) is 17.5 Å². The van der Waals surface area contributed by atoms with Crippen LogP contribution in [0.2, 0.25) is 5.02 Å². The van der Waals surface area contributed by atoms with Crippen LogP contribution in [0, 0.1) is 0 Å². The molecule has 3 aromatic rings. The van der Waals surface area contributed by atoms with Gasteiger partial charge in [-0.15, -0.1) is 0 Å². The van der Waals surface area contributed by atoms with Crippen LogP contribution in [0.15, 0.2) is 66.7 Å². The van der Waals surface area contributed by atoms with E-state index < -0.39 is 12.1 Å². The summed E-state index contributed by atoms with van der Waals surface area (Å²) in [5, 5.41) is 9.55. The van der Waals surface area contributed by atoms with Gasteiger partial charge in [0.05, 0.1) is 19.2 Å². The SMILES string of the molecule is COc1ccc(Cl)cc1N(CCC(=O)O)C(=O)OCC1c2ccccc2-c2ccccc21. The molecule has 0 fully saturated rings. The normalized spacial score (nSPS) is 12.1. The third-order valence-corrected chi connectivity index (χ3v) is 5.77. The van der Waals surface area contributed by atoms with Crippen molar-refractivity contribution in [1.29, 1.82) is 0 Å². The second kappa shape index (κ2) is 9.32. The average molecular weight is 452 g/mol. The Hall–Kier alpha value is -3.51.